The standard InChI is InChI=1S/C18H17ClN2O2/c1-2-23-15-5-3-4-12(8-15)11-20-18(22)17-10-13-9-14(19)6-7-16(13)21-17/h3-10,21H,2,11H2,1H3,(H,20,22). The van der Waals surface area contributed by atoms with Gasteiger partial charge < -0.3 is 15.0 Å². The average molecular weight is 329 g/mol. The molecule has 2 aromatic carbocycles. The zero-order valence-electron chi connectivity index (χ0n) is 12.7. The topological polar surface area (TPSA) is 54.1 Å². The molecule has 5 heteroatoms. The lowest BCUT2D eigenvalue weighted by molar-refractivity contribution is 0.0946. The molecule has 0 unspecified atom stereocenters. The van der Waals surface area contributed by atoms with Crippen LogP contribution in [0.4, 0.5) is 0 Å². The molecule has 1 heterocycles. The SMILES string of the molecule is CCOc1cccc(CNC(=O)c2cc3cc(Cl)ccc3[nH]2)c1. The van der Waals surface area contributed by atoms with Gasteiger partial charge in [0.2, 0.25) is 0 Å². The van der Waals surface area contributed by atoms with Crippen molar-refractivity contribution in [2.45, 2.75) is 13.5 Å². The molecule has 2 N–H and O–H groups in total. The summed E-state index contributed by atoms with van der Waals surface area (Å²) in [5.41, 5.74) is 2.39. The van der Waals surface area contributed by atoms with E-state index in [4.69, 9.17) is 16.3 Å². The summed E-state index contributed by atoms with van der Waals surface area (Å²) in [5, 5.41) is 4.47. The number of carbonyl (C=O) groups excluding carboxylic acids is 1. The summed E-state index contributed by atoms with van der Waals surface area (Å²) in [6.07, 6.45) is 0. The quantitative estimate of drug-likeness (QED) is 0.739. The molecule has 1 amide bonds. The fourth-order valence-corrected chi connectivity index (χ4v) is 2.60. The first-order valence-corrected chi connectivity index (χ1v) is 7.81. The van der Waals surface area contributed by atoms with Gasteiger partial charge in [-0.25, -0.2) is 0 Å². The van der Waals surface area contributed by atoms with Crippen LogP contribution in [0.25, 0.3) is 10.9 Å². The first-order valence-electron chi connectivity index (χ1n) is 7.44. The lowest BCUT2D eigenvalue weighted by Gasteiger charge is -2.07. The van der Waals surface area contributed by atoms with E-state index in [1.807, 2.05) is 43.3 Å². The van der Waals surface area contributed by atoms with Crippen LogP contribution in [-0.4, -0.2) is 17.5 Å². The number of ether oxygens (including phenoxy) is 1. The van der Waals surface area contributed by atoms with Gasteiger partial charge in [0.25, 0.3) is 5.91 Å². The average Bonchev–Trinajstić information content (AvgIpc) is 2.96. The van der Waals surface area contributed by atoms with Gasteiger partial charge in [0.05, 0.1) is 6.61 Å². The van der Waals surface area contributed by atoms with Gasteiger partial charge in [0.15, 0.2) is 0 Å². The van der Waals surface area contributed by atoms with Crippen molar-refractivity contribution in [3.8, 4) is 5.75 Å². The molecular formula is C18H17ClN2O2. The number of rotatable bonds is 5. The molecule has 0 spiro atoms. The number of benzene rings is 2. The maximum atomic E-state index is 12.3. The fraction of sp³-hybridized carbons (Fsp3) is 0.167. The number of hydrogen-bond acceptors (Lipinski definition) is 2. The van der Waals surface area contributed by atoms with E-state index in [1.54, 1.807) is 12.1 Å². The molecule has 0 saturated heterocycles. The minimum atomic E-state index is -0.154. The molecule has 0 saturated carbocycles. The molecule has 23 heavy (non-hydrogen) atoms. The van der Waals surface area contributed by atoms with Gasteiger partial charge in [-0.2, -0.15) is 0 Å². The number of carbonyl (C=O) groups is 1. The molecule has 3 aromatic rings. The fourth-order valence-electron chi connectivity index (χ4n) is 2.42. The highest BCUT2D eigenvalue weighted by Crippen LogP contribution is 2.20. The normalized spacial score (nSPS) is 10.7. The van der Waals surface area contributed by atoms with Crippen LogP contribution in [0, 0.1) is 0 Å². The van der Waals surface area contributed by atoms with Crippen LogP contribution in [0.3, 0.4) is 0 Å². The largest absolute Gasteiger partial charge is 0.494 e. The van der Waals surface area contributed by atoms with E-state index in [1.165, 1.54) is 0 Å². The van der Waals surface area contributed by atoms with Crippen LogP contribution in [0.2, 0.25) is 5.02 Å². The third-order valence-electron chi connectivity index (χ3n) is 3.49. The van der Waals surface area contributed by atoms with Crippen molar-refractivity contribution in [2.75, 3.05) is 6.61 Å². The van der Waals surface area contributed by atoms with Crippen molar-refractivity contribution >= 4 is 28.4 Å². The molecule has 0 aliphatic rings. The molecule has 0 atom stereocenters. The van der Waals surface area contributed by atoms with Crippen molar-refractivity contribution in [3.05, 3.63) is 64.8 Å². The molecule has 0 aliphatic heterocycles. The summed E-state index contributed by atoms with van der Waals surface area (Å²) in [5.74, 6) is 0.652. The van der Waals surface area contributed by atoms with E-state index in [0.29, 0.717) is 23.9 Å². The number of H-pyrrole nitrogens is 1. The van der Waals surface area contributed by atoms with Crippen molar-refractivity contribution in [2.24, 2.45) is 0 Å². The smallest absolute Gasteiger partial charge is 0.267 e. The maximum absolute atomic E-state index is 12.3. The molecule has 0 bridgehead atoms. The Kier molecular flexibility index (Phi) is 4.53. The molecule has 4 nitrogen and oxygen atoms in total. The van der Waals surface area contributed by atoms with E-state index in [0.717, 1.165) is 22.2 Å². The predicted molar refractivity (Wildman–Crippen MR) is 92.1 cm³/mol. The number of aromatic amines is 1. The van der Waals surface area contributed by atoms with E-state index in [-0.39, 0.29) is 5.91 Å². The number of nitrogens with one attached hydrogen (secondary N) is 2. The van der Waals surface area contributed by atoms with Gasteiger partial charge >= 0.3 is 0 Å². The van der Waals surface area contributed by atoms with Gasteiger partial charge in [0, 0.05) is 22.5 Å². The molecule has 0 fully saturated rings. The molecule has 1 aromatic heterocycles. The summed E-state index contributed by atoms with van der Waals surface area (Å²) in [7, 11) is 0. The second kappa shape index (κ2) is 6.75. The molecule has 0 radical (unpaired) electrons. The first-order chi connectivity index (χ1) is 11.2. The lowest BCUT2D eigenvalue weighted by atomic mass is 10.2. The maximum Gasteiger partial charge on any atom is 0.267 e. The van der Waals surface area contributed by atoms with Crippen LogP contribution < -0.4 is 10.1 Å². The Morgan fingerprint density at radius 3 is 2.91 bits per heavy atom. The summed E-state index contributed by atoms with van der Waals surface area (Å²) < 4.78 is 5.46. The summed E-state index contributed by atoms with van der Waals surface area (Å²) in [6.45, 7) is 3.00. The van der Waals surface area contributed by atoms with Gasteiger partial charge in [-0.05, 0) is 48.9 Å². The minimum absolute atomic E-state index is 0.154. The highest BCUT2D eigenvalue weighted by molar-refractivity contribution is 6.31. The van der Waals surface area contributed by atoms with Crippen molar-refractivity contribution in [1.82, 2.24) is 10.3 Å². The minimum Gasteiger partial charge on any atom is -0.494 e. The molecular weight excluding hydrogens is 312 g/mol. The Labute approximate surface area is 139 Å². The Hall–Kier alpha value is -2.46. The highest BCUT2D eigenvalue weighted by atomic mass is 35.5. The van der Waals surface area contributed by atoms with Crippen molar-refractivity contribution in [1.29, 1.82) is 0 Å². The number of aromatic nitrogens is 1. The summed E-state index contributed by atoms with van der Waals surface area (Å²) in [4.78, 5) is 15.4. The zero-order valence-corrected chi connectivity index (χ0v) is 13.5. The van der Waals surface area contributed by atoms with Gasteiger partial charge in [0.1, 0.15) is 11.4 Å². The molecule has 3 rings (SSSR count). The Morgan fingerprint density at radius 2 is 2.09 bits per heavy atom. The molecule has 118 valence electrons. The summed E-state index contributed by atoms with van der Waals surface area (Å²) >= 11 is 5.96. The van der Waals surface area contributed by atoms with Gasteiger partial charge in [-0.15, -0.1) is 0 Å². The second-order valence-electron chi connectivity index (χ2n) is 5.18. The van der Waals surface area contributed by atoms with Crippen molar-refractivity contribution in [3.63, 3.8) is 0 Å². The van der Waals surface area contributed by atoms with Crippen LogP contribution in [0.5, 0.6) is 5.75 Å². The third kappa shape index (κ3) is 3.66. The molecule has 0 aliphatic carbocycles. The highest BCUT2D eigenvalue weighted by Gasteiger charge is 2.09. The van der Waals surface area contributed by atoms with E-state index in [2.05, 4.69) is 10.3 Å². The second-order valence-corrected chi connectivity index (χ2v) is 5.61. The predicted octanol–water partition coefficient (Wildman–Crippen LogP) is 4.15. The van der Waals surface area contributed by atoms with Crippen LogP contribution >= 0.6 is 11.6 Å². The number of hydrogen-bond donors (Lipinski definition) is 2. The number of amides is 1. The van der Waals surface area contributed by atoms with Gasteiger partial charge in [-0.3, -0.25) is 4.79 Å². The monoisotopic (exact) mass is 328 g/mol. The number of fused-ring (bicyclic) bond motifs is 1. The summed E-state index contributed by atoms with van der Waals surface area (Å²) in [6, 6.07) is 15.0. The van der Waals surface area contributed by atoms with Crippen molar-refractivity contribution < 1.29 is 9.53 Å². The van der Waals surface area contributed by atoms with E-state index in [9.17, 15) is 4.79 Å². The van der Waals surface area contributed by atoms with Gasteiger partial charge in [-0.1, -0.05) is 23.7 Å². The zero-order chi connectivity index (χ0) is 16.2. The first kappa shape index (κ1) is 15.4. The Morgan fingerprint density at radius 1 is 1.22 bits per heavy atom. The van der Waals surface area contributed by atoms with Crippen LogP contribution in [-0.2, 0) is 6.54 Å². The van der Waals surface area contributed by atoms with E-state index < -0.39 is 0 Å². The van der Waals surface area contributed by atoms with E-state index >= 15 is 0 Å². The van der Waals surface area contributed by atoms with Crippen LogP contribution in [0.1, 0.15) is 23.0 Å². The third-order valence-corrected chi connectivity index (χ3v) is 3.73. The lowest BCUT2D eigenvalue weighted by Crippen LogP contribution is -2.23. The Balaban J connectivity index is 1.69. The Bertz CT molecular complexity index is 842. The van der Waals surface area contributed by atoms with Crippen LogP contribution in [0.15, 0.2) is 48.5 Å². The number of halogens is 1.